The third kappa shape index (κ3) is 3.27. The molecule has 4 N–H and O–H groups in total. The van der Waals surface area contributed by atoms with Gasteiger partial charge in [0.15, 0.2) is 5.69 Å². The van der Waals surface area contributed by atoms with E-state index in [0.29, 0.717) is 16.8 Å². The predicted molar refractivity (Wildman–Crippen MR) is 109 cm³/mol. The molecule has 5 rings (SSSR count). The van der Waals surface area contributed by atoms with Crippen molar-refractivity contribution in [2.45, 2.75) is 6.04 Å². The van der Waals surface area contributed by atoms with Crippen molar-refractivity contribution in [3.63, 3.8) is 0 Å². The van der Waals surface area contributed by atoms with E-state index in [1.807, 2.05) is 18.2 Å². The van der Waals surface area contributed by atoms with Crippen LogP contribution in [0.1, 0.15) is 10.5 Å². The normalized spacial score (nSPS) is 14.0. The van der Waals surface area contributed by atoms with Crippen LogP contribution in [0.15, 0.2) is 55.1 Å². The molecule has 0 bridgehead atoms. The van der Waals surface area contributed by atoms with Gasteiger partial charge in [0.25, 0.3) is 5.91 Å². The number of nitrogens with two attached hydrogens (primary N) is 1. The van der Waals surface area contributed by atoms with E-state index in [4.69, 9.17) is 10.7 Å². The van der Waals surface area contributed by atoms with E-state index in [9.17, 15) is 4.79 Å². The minimum absolute atomic E-state index is 0.184. The number of pyridine rings is 1. The van der Waals surface area contributed by atoms with Crippen LogP contribution in [0.25, 0.3) is 22.2 Å². The van der Waals surface area contributed by atoms with Crippen molar-refractivity contribution in [3.05, 3.63) is 60.8 Å². The Labute approximate surface area is 166 Å². The second kappa shape index (κ2) is 6.95. The molecule has 1 aliphatic heterocycles. The van der Waals surface area contributed by atoms with Crippen LogP contribution < -0.4 is 16.0 Å². The molecule has 1 aromatic carbocycles. The van der Waals surface area contributed by atoms with Crippen molar-refractivity contribution in [2.75, 3.05) is 23.3 Å². The van der Waals surface area contributed by atoms with Gasteiger partial charge in [-0.1, -0.05) is 6.07 Å². The Bertz CT molecular complexity index is 1180. The van der Waals surface area contributed by atoms with Crippen LogP contribution in [0.5, 0.6) is 0 Å². The monoisotopic (exact) mass is 386 g/mol. The zero-order valence-electron chi connectivity index (χ0n) is 15.4. The van der Waals surface area contributed by atoms with Gasteiger partial charge in [0.1, 0.15) is 5.82 Å². The number of carbonyl (C=O) groups is 1. The Hall–Kier alpha value is -3.85. The van der Waals surface area contributed by atoms with Gasteiger partial charge in [0, 0.05) is 36.3 Å². The van der Waals surface area contributed by atoms with Crippen LogP contribution in [-0.2, 0) is 0 Å². The lowest BCUT2D eigenvalue weighted by molar-refractivity contribution is 0.102. The van der Waals surface area contributed by atoms with Crippen molar-refractivity contribution in [1.82, 2.24) is 25.1 Å². The summed E-state index contributed by atoms with van der Waals surface area (Å²) in [6.07, 6.45) is 6.67. The summed E-state index contributed by atoms with van der Waals surface area (Å²) in [6, 6.07) is 9.42. The molecule has 1 fully saturated rings. The molecule has 0 atom stereocenters. The lowest BCUT2D eigenvalue weighted by Crippen LogP contribution is -2.56. The summed E-state index contributed by atoms with van der Waals surface area (Å²) < 4.78 is 0. The number of rotatable bonds is 4. The molecule has 0 aliphatic carbocycles. The zero-order valence-corrected chi connectivity index (χ0v) is 15.4. The number of hydrogen-bond acceptors (Lipinski definition) is 7. The van der Waals surface area contributed by atoms with E-state index >= 15 is 0 Å². The number of anilines is 2. The topological polar surface area (TPSA) is 126 Å². The summed E-state index contributed by atoms with van der Waals surface area (Å²) in [5, 5.41) is 10.6. The van der Waals surface area contributed by atoms with Gasteiger partial charge in [-0.25, -0.2) is 4.98 Å². The molecule has 3 aromatic heterocycles. The van der Waals surface area contributed by atoms with E-state index in [0.717, 1.165) is 35.7 Å². The van der Waals surface area contributed by atoms with Crippen molar-refractivity contribution in [1.29, 1.82) is 0 Å². The first-order valence-corrected chi connectivity index (χ1v) is 9.20. The third-order valence-corrected chi connectivity index (χ3v) is 4.85. The van der Waals surface area contributed by atoms with Gasteiger partial charge in [-0.2, -0.15) is 5.10 Å². The number of fused-ring (bicyclic) bond motifs is 1. The smallest absolute Gasteiger partial charge is 0.276 e. The quantitative estimate of drug-likeness (QED) is 0.488. The van der Waals surface area contributed by atoms with Crippen LogP contribution in [0.4, 0.5) is 11.5 Å². The molecular formula is C20H18N8O. The fourth-order valence-corrected chi connectivity index (χ4v) is 3.32. The van der Waals surface area contributed by atoms with Gasteiger partial charge in [-0.3, -0.25) is 19.9 Å². The number of aromatic amines is 1. The highest BCUT2D eigenvalue weighted by Gasteiger charge is 2.24. The molecule has 4 heterocycles. The molecule has 1 saturated heterocycles. The number of benzene rings is 1. The molecule has 0 spiro atoms. The number of amides is 1. The number of nitrogens with zero attached hydrogens (tertiary/aromatic N) is 5. The van der Waals surface area contributed by atoms with Crippen molar-refractivity contribution >= 4 is 28.3 Å². The average Bonchev–Trinajstić information content (AvgIpc) is 3.16. The number of H-pyrrole nitrogens is 1. The number of nitrogens with one attached hydrogen (secondary N) is 2. The van der Waals surface area contributed by atoms with Crippen LogP contribution in [-0.4, -0.2) is 50.2 Å². The maximum atomic E-state index is 12.7. The van der Waals surface area contributed by atoms with Crippen LogP contribution in [0.3, 0.4) is 0 Å². The predicted octanol–water partition coefficient (Wildman–Crippen LogP) is 1.81. The Balaban J connectivity index is 1.47. The second-order valence-corrected chi connectivity index (χ2v) is 6.96. The van der Waals surface area contributed by atoms with Gasteiger partial charge in [0.2, 0.25) is 0 Å². The third-order valence-electron chi connectivity index (χ3n) is 4.85. The molecule has 1 amide bonds. The Morgan fingerprint density at radius 1 is 1.17 bits per heavy atom. The first kappa shape index (κ1) is 17.3. The Morgan fingerprint density at radius 3 is 2.86 bits per heavy atom. The maximum Gasteiger partial charge on any atom is 0.276 e. The fraction of sp³-hybridized carbons (Fsp3) is 0.150. The summed E-state index contributed by atoms with van der Waals surface area (Å²) in [5.41, 5.74) is 9.13. The minimum Gasteiger partial charge on any atom is -0.352 e. The van der Waals surface area contributed by atoms with Gasteiger partial charge < -0.3 is 16.0 Å². The van der Waals surface area contributed by atoms with Crippen LogP contribution >= 0.6 is 0 Å². The SMILES string of the molecule is NC1CN(c2cncc(-c3ccc4[nH]nc(C(=O)Nc5cccnc5)c4c3)n2)C1. The first-order chi connectivity index (χ1) is 14.2. The molecule has 0 unspecified atom stereocenters. The molecule has 4 aromatic rings. The molecule has 1 aliphatic rings. The van der Waals surface area contributed by atoms with E-state index in [1.165, 1.54) is 0 Å². The van der Waals surface area contributed by atoms with Crippen LogP contribution in [0.2, 0.25) is 0 Å². The molecular weight excluding hydrogens is 368 g/mol. The standard InChI is InChI=1S/C20H18N8O/c21-13-10-28(11-13)18-9-23-8-17(25-18)12-3-4-16-15(6-12)19(27-26-16)20(29)24-14-2-1-5-22-7-14/h1-9,13H,10-11,21H2,(H,24,29)(H,26,27). The highest BCUT2D eigenvalue weighted by molar-refractivity contribution is 6.11. The van der Waals surface area contributed by atoms with E-state index < -0.39 is 0 Å². The Morgan fingerprint density at radius 2 is 2.07 bits per heavy atom. The highest BCUT2D eigenvalue weighted by Crippen LogP contribution is 2.26. The Kier molecular flexibility index (Phi) is 4.14. The van der Waals surface area contributed by atoms with Gasteiger partial charge >= 0.3 is 0 Å². The summed E-state index contributed by atoms with van der Waals surface area (Å²) >= 11 is 0. The molecule has 9 heteroatoms. The summed E-state index contributed by atoms with van der Waals surface area (Å²) in [7, 11) is 0. The van der Waals surface area contributed by atoms with E-state index in [2.05, 4.69) is 30.4 Å². The molecule has 144 valence electrons. The largest absolute Gasteiger partial charge is 0.352 e. The summed E-state index contributed by atoms with van der Waals surface area (Å²) in [5.74, 6) is 0.488. The lowest BCUT2D eigenvalue weighted by atomic mass is 10.1. The van der Waals surface area contributed by atoms with Gasteiger partial charge in [0.05, 0.1) is 35.5 Å². The molecule has 9 nitrogen and oxygen atoms in total. The number of aromatic nitrogens is 5. The minimum atomic E-state index is -0.309. The molecule has 0 radical (unpaired) electrons. The van der Waals surface area contributed by atoms with Gasteiger partial charge in [-0.15, -0.1) is 0 Å². The molecule has 29 heavy (non-hydrogen) atoms. The fourth-order valence-electron chi connectivity index (χ4n) is 3.32. The van der Waals surface area contributed by atoms with E-state index in [1.54, 1.807) is 36.9 Å². The lowest BCUT2D eigenvalue weighted by Gasteiger charge is -2.37. The first-order valence-electron chi connectivity index (χ1n) is 9.20. The molecule has 0 saturated carbocycles. The highest BCUT2D eigenvalue weighted by atomic mass is 16.1. The van der Waals surface area contributed by atoms with Crippen molar-refractivity contribution in [3.8, 4) is 11.3 Å². The summed E-state index contributed by atoms with van der Waals surface area (Å²) in [6.45, 7) is 1.55. The number of carbonyl (C=O) groups excluding carboxylic acids is 1. The van der Waals surface area contributed by atoms with Crippen molar-refractivity contribution < 1.29 is 4.79 Å². The van der Waals surface area contributed by atoms with Crippen molar-refractivity contribution in [2.24, 2.45) is 5.73 Å². The maximum absolute atomic E-state index is 12.7. The number of hydrogen-bond donors (Lipinski definition) is 3. The second-order valence-electron chi connectivity index (χ2n) is 6.96. The zero-order chi connectivity index (χ0) is 19.8. The van der Waals surface area contributed by atoms with Crippen LogP contribution in [0, 0.1) is 0 Å². The van der Waals surface area contributed by atoms with Gasteiger partial charge in [-0.05, 0) is 24.3 Å². The average molecular weight is 386 g/mol. The summed E-state index contributed by atoms with van der Waals surface area (Å²) in [4.78, 5) is 27.8. The van der Waals surface area contributed by atoms with E-state index in [-0.39, 0.29) is 11.9 Å².